The maximum Gasteiger partial charge on any atom is 0.150 e. The summed E-state index contributed by atoms with van der Waals surface area (Å²) in [5.74, 6) is 0.684. The molecular formula is C23H16N4O. The summed E-state index contributed by atoms with van der Waals surface area (Å²) in [5.41, 5.74) is 5.09. The van der Waals surface area contributed by atoms with Gasteiger partial charge in [-0.25, -0.2) is 9.97 Å². The van der Waals surface area contributed by atoms with Gasteiger partial charge >= 0.3 is 0 Å². The molecule has 28 heavy (non-hydrogen) atoms. The van der Waals surface area contributed by atoms with Crippen LogP contribution < -0.4 is 5.32 Å². The van der Waals surface area contributed by atoms with E-state index in [9.17, 15) is 4.79 Å². The van der Waals surface area contributed by atoms with Gasteiger partial charge in [-0.1, -0.05) is 42.5 Å². The number of aromatic nitrogens is 2. The van der Waals surface area contributed by atoms with Gasteiger partial charge in [-0.05, 0) is 41.0 Å². The van der Waals surface area contributed by atoms with Crippen LogP contribution in [0.3, 0.4) is 0 Å². The van der Waals surface area contributed by atoms with Crippen LogP contribution in [0, 0.1) is 11.3 Å². The predicted octanol–water partition coefficient (Wildman–Crippen LogP) is 4.92. The molecule has 0 radical (unpaired) electrons. The first-order chi connectivity index (χ1) is 13.8. The van der Waals surface area contributed by atoms with Gasteiger partial charge in [-0.15, -0.1) is 0 Å². The predicted molar refractivity (Wildman–Crippen MR) is 109 cm³/mol. The molecule has 0 atom stereocenters. The van der Waals surface area contributed by atoms with Crippen molar-refractivity contribution < 1.29 is 4.79 Å². The fourth-order valence-electron chi connectivity index (χ4n) is 3.12. The standard InChI is InChI=1S/C23H16N4O/c24-12-11-16-5-8-19(9-6-16)27-23-21-13-17(7-10-22(21)25-15-26-23)20-4-2-1-3-18(20)14-28/h1-10,13-15H,11H2,(H,25,26,27). The van der Waals surface area contributed by atoms with Crippen LogP contribution in [-0.2, 0) is 6.42 Å². The Morgan fingerprint density at radius 2 is 1.82 bits per heavy atom. The van der Waals surface area contributed by atoms with Crippen LogP contribution in [0.4, 0.5) is 11.5 Å². The second-order valence-corrected chi connectivity index (χ2v) is 6.32. The van der Waals surface area contributed by atoms with Crippen molar-refractivity contribution in [3.05, 3.63) is 84.2 Å². The van der Waals surface area contributed by atoms with E-state index in [1.807, 2.05) is 60.7 Å². The molecule has 0 aliphatic rings. The lowest BCUT2D eigenvalue weighted by molar-refractivity contribution is 0.112. The van der Waals surface area contributed by atoms with E-state index < -0.39 is 0 Å². The van der Waals surface area contributed by atoms with Crippen LogP contribution in [0.5, 0.6) is 0 Å². The maximum atomic E-state index is 11.4. The molecule has 5 nitrogen and oxygen atoms in total. The van der Waals surface area contributed by atoms with Gasteiger partial charge in [0.1, 0.15) is 12.1 Å². The Morgan fingerprint density at radius 1 is 1.00 bits per heavy atom. The summed E-state index contributed by atoms with van der Waals surface area (Å²) in [7, 11) is 0. The first-order valence-electron chi connectivity index (χ1n) is 8.81. The van der Waals surface area contributed by atoms with Crippen molar-refractivity contribution in [3.8, 4) is 17.2 Å². The molecule has 1 N–H and O–H groups in total. The molecule has 0 spiro atoms. The summed E-state index contributed by atoms with van der Waals surface area (Å²) in [5, 5.41) is 13.0. The average molecular weight is 364 g/mol. The number of nitrogens with zero attached hydrogens (tertiary/aromatic N) is 3. The zero-order valence-corrected chi connectivity index (χ0v) is 15.0. The van der Waals surface area contributed by atoms with Crippen molar-refractivity contribution in [2.24, 2.45) is 0 Å². The largest absolute Gasteiger partial charge is 0.340 e. The third-order valence-electron chi connectivity index (χ3n) is 4.53. The lowest BCUT2D eigenvalue weighted by Gasteiger charge is -2.11. The highest BCUT2D eigenvalue weighted by Crippen LogP contribution is 2.30. The highest BCUT2D eigenvalue weighted by molar-refractivity contribution is 5.96. The minimum Gasteiger partial charge on any atom is -0.340 e. The zero-order valence-electron chi connectivity index (χ0n) is 15.0. The number of anilines is 2. The number of fused-ring (bicyclic) bond motifs is 1. The Morgan fingerprint density at radius 3 is 2.61 bits per heavy atom. The summed E-state index contributed by atoms with van der Waals surface area (Å²) in [4.78, 5) is 20.1. The smallest absolute Gasteiger partial charge is 0.150 e. The van der Waals surface area contributed by atoms with Gasteiger partial charge in [-0.3, -0.25) is 4.79 Å². The van der Waals surface area contributed by atoms with E-state index in [4.69, 9.17) is 5.26 Å². The number of hydrogen-bond donors (Lipinski definition) is 1. The first-order valence-corrected chi connectivity index (χ1v) is 8.81. The molecular weight excluding hydrogens is 348 g/mol. The van der Waals surface area contributed by atoms with Crippen molar-refractivity contribution >= 4 is 28.7 Å². The Kier molecular flexibility index (Phi) is 4.77. The minimum atomic E-state index is 0.385. The molecule has 0 saturated carbocycles. The van der Waals surface area contributed by atoms with Crippen molar-refractivity contribution in [1.82, 2.24) is 9.97 Å². The molecule has 0 aliphatic heterocycles. The van der Waals surface area contributed by atoms with Gasteiger partial charge in [-0.2, -0.15) is 5.26 Å². The summed E-state index contributed by atoms with van der Waals surface area (Å²) in [6, 6.07) is 23.2. The van der Waals surface area contributed by atoms with Gasteiger partial charge in [0, 0.05) is 16.6 Å². The molecule has 0 unspecified atom stereocenters. The number of benzene rings is 3. The maximum absolute atomic E-state index is 11.4. The van der Waals surface area contributed by atoms with Crippen molar-refractivity contribution in [3.63, 3.8) is 0 Å². The molecule has 1 heterocycles. The number of carbonyl (C=O) groups is 1. The minimum absolute atomic E-state index is 0.385. The number of hydrogen-bond acceptors (Lipinski definition) is 5. The highest BCUT2D eigenvalue weighted by atomic mass is 16.1. The molecule has 1 aromatic heterocycles. The fraction of sp³-hybridized carbons (Fsp3) is 0.0435. The van der Waals surface area contributed by atoms with Crippen LogP contribution in [-0.4, -0.2) is 16.3 Å². The molecule has 0 saturated heterocycles. The van der Waals surface area contributed by atoms with E-state index in [1.54, 1.807) is 6.07 Å². The second-order valence-electron chi connectivity index (χ2n) is 6.32. The van der Waals surface area contributed by atoms with Crippen LogP contribution in [0.15, 0.2) is 73.1 Å². The monoisotopic (exact) mass is 364 g/mol. The molecule has 134 valence electrons. The van der Waals surface area contributed by atoms with E-state index in [0.717, 1.165) is 39.6 Å². The lowest BCUT2D eigenvalue weighted by atomic mass is 9.99. The molecule has 0 fully saturated rings. The van der Waals surface area contributed by atoms with Gasteiger partial charge in [0.15, 0.2) is 6.29 Å². The molecule has 3 aromatic carbocycles. The van der Waals surface area contributed by atoms with Crippen molar-refractivity contribution in [2.45, 2.75) is 6.42 Å². The highest BCUT2D eigenvalue weighted by Gasteiger charge is 2.09. The molecule has 4 aromatic rings. The van der Waals surface area contributed by atoms with Gasteiger partial charge < -0.3 is 5.32 Å². The van der Waals surface area contributed by atoms with Crippen molar-refractivity contribution in [2.75, 3.05) is 5.32 Å². The van der Waals surface area contributed by atoms with Crippen molar-refractivity contribution in [1.29, 1.82) is 5.26 Å². The van der Waals surface area contributed by atoms with Gasteiger partial charge in [0.25, 0.3) is 0 Å². The topological polar surface area (TPSA) is 78.7 Å². The average Bonchev–Trinajstić information content (AvgIpc) is 2.75. The van der Waals surface area contributed by atoms with Gasteiger partial charge in [0.05, 0.1) is 18.0 Å². The first kappa shape index (κ1) is 17.4. The summed E-state index contributed by atoms with van der Waals surface area (Å²) >= 11 is 0. The normalized spacial score (nSPS) is 10.4. The molecule has 0 aliphatic carbocycles. The van der Waals surface area contributed by atoms with Crippen LogP contribution in [0.2, 0.25) is 0 Å². The SMILES string of the molecule is N#CCc1ccc(Nc2ncnc3ccc(-c4ccccc4C=O)cc23)cc1. The Balaban J connectivity index is 1.75. The zero-order chi connectivity index (χ0) is 19.3. The van der Waals surface area contributed by atoms with E-state index in [-0.39, 0.29) is 0 Å². The van der Waals surface area contributed by atoms with E-state index in [2.05, 4.69) is 21.4 Å². The number of aldehydes is 1. The van der Waals surface area contributed by atoms with Crippen LogP contribution >= 0.6 is 0 Å². The Bertz CT molecular complexity index is 1190. The van der Waals surface area contributed by atoms with E-state index >= 15 is 0 Å². The third kappa shape index (κ3) is 3.44. The Hall–Kier alpha value is -4.04. The van der Waals surface area contributed by atoms with Gasteiger partial charge in [0.2, 0.25) is 0 Å². The molecule has 0 bridgehead atoms. The molecule has 5 heteroatoms. The van der Waals surface area contributed by atoms with Crippen LogP contribution in [0.1, 0.15) is 15.9 Å². The van der Waals surface area contributed by atoms with E-state index in [0.29, 0.717) is 17.8 Å². The number of carbonyl (C=O) groups excluding carboxylic acids is 1. The number of nitrogens with one attached hydrogen (secondary N) is 1. The van der Waals surface area contributed by atoms with Crippen LogP contribution in [0.25, 0.3) is 22.0 Å². The lowest BCUT2D eigenvalue weighted by Crippen LogP contribution is -1.97. The summed E-state index contributed by atoms with van der Waals surface area (Å²) in [6.45, 7) is 0. The quantitative estimate of drug-likeness (QED) is 0.509. The van der Waals surface area contributed by atoms with E-state index in [1.165, 1.54) is 6.33 Å². The Labute approximate surface area is 162 Å². The third-order valence-corrected chi connectivity index (χ3v) is 4.53. The molecule has 4 rings (SSSR count). The number of rotatable bonds is 5. The second kappa shape index (κ2) is 7.68. The fourth-order valence-corrected chi connectivity index (χ4v) is 3.12. The number of nitriles is 1. The molecule has 0 amide bonds. The summed E-state index contributed by atoms with van der Waals surface area (Å²) < 4.78 is 0. The summed E-state index contributed by atoms with van der Waals surface area (Å²) in [6.07, 6.45) is 2.77.